The van der Waals surface area contributed by atoms with Gasteiger partial charge in [0.25, 0.3) is 0 Å². The van der Waals surface area contributed by atoms with E-state index in [2.05, 4.69) is 38.4 Å². The molecule has 1 nitrogen and oxygen atoms in total. The average Bonchev–Trinajstić information content (AvgIpc) is 2.68. The van der Waals surface area contributed by atoms with Crippen molar-refractivity contribution < 1.29 is 4.43 Å². The highest BCUT2D eigenvalue weighted by atomic mass is 28.4. The van der Waals surface area contributed by atoms with Gasteiger partial charge in [-0.05, 0) is 63.9 Å². The van der Waals surface area contributed by atoms with Gasteiger partial charge in [0.15, 0.2) is 8.32 Å². The van der Waals surface area contributed by atoms with Crippen LogP contribution in [0.3, 0.4) is 0 Å². The topological polar surface area (TPSA) is 9.23 Å². The second-order valence-corrected chi connectivity index (χ2v) is 10.7. The minimum absolute atomic E-state index is 0.287. The molecular formula is C17H23OSi. The molecule has 0 aromatic heterocycles. The lowest BCUT2D eigenvalue weighted by atomic mass is 9.93. The van der Waals surface area contributed by atoms with E-state index in [0.29, 0.717) is 0 Å². The van der Waals surface area contributed by atoms with E-state index in [1.807, 2.05) is 30.3 Å². The molecule has 19 heavy (non-hydrogen) atoms. The van der Waals surface area contributed by atoms with E-state index in [0.717, 1.165) is 18.4 Å². The fraction of sp³-hybridized carbons (Fsp3) is 0.471. The van der Waals surface area contributed by atoms with Crippen molar-refractivity contribution in [3.63, 3.8) is 0 Å². The van der Waals surface area contributed by atoms with E-state index in [-0.39, 0.29) is 11.5 Å². The molecule has 0 aliphatic heterocycles. The maximum absolute atomic E-state index is 6.42. The summed E-state index contributed by atoms with van der Waals surface area (Å²) in [5.41, 5.74) is 0.737. The van der Waals surface area contributed by atoms with Crippen molar-refractivity contribution in [1.29, 1.82) is 0 Å². The predicted octanol–water partition coefficient (Wildman–Crippen LogP) is 4.26. The second-order valence-electron chi connectivity index (χ2n) is 6.31. The van der Waals surface area contributed by atoms with Gasteiger partial charge in [-0.2, -0.15) is 0 Å². The molecule has 1 saturated carbocycles. The zero-order chi connectivity index (χ0) is 13.9. The minimum Gasteiger partial charge on any atom is -0.401 e. The van der Waals surface area contributed by atoms with Crippen LogP contribution in [-0.2, 0) is 4.43 Å². The highest BCUT2D eigenvalue weighted by molar-refractivity contribution is 6.69. The van der Waals surface area contributed by atoms with Crippen molar-refractivity contribution in [2.45, 2.75) is 44.5 Å². The van der Waals surface area contributed by atoms with Gasteiger partial charge < -0.3 is 4.43 Å². The Morgan fingerprint density at radius 2 is 1.95 bits per heavy atom. The van der Waals surface area contributed by atoms with Crippen LogP contribution in [0.1, 0.15) is 24.8 Å². The summed E-state index contributed by atoms with van der Waals surface area (Å²) in [5.74, 6) is 6.99. The first-order valence-corrected chi connectivity index (χ1v) is 10.4. The zero-order valence-electron chi connectivity index (χ0n) is 12.2. The van der Waals surface area contributed by atoms with Gasteiger partial charge in [0.05, 0.1) is 0 Å². The molecule has 1 fully saturated rings. The number of hydrogen-bond acceptors (Lipinski definition) is 1. The molecule has 2 rings (SSSR count). The van der Waals surface area contributed by atoms with Gasteiger partial charge in [-0.1, -0.05) is 30.0 Å². The Morgan fingerprint density at radius 1 is 1.26 bits per heavy atom. The monoisotopic (exact) mass is 271 g/mol. The van der Waals surface area contributed by atoms with Gasteiger partial charge in [-0.3, -0.25) is 0 Å². The van der Waals surface area contributed by atoms with Crippen molar-refractivity contribution in [3.8, 4) is 11.8 Å². The Kier molecular flexibility index (Phi) is 4.18. The largest absolute Gasteiger partial charge is 0.401 e. The van der Waals surface area contributed by atoms with Crippen molar-refractivity contribution in [1.82, 2.24) is 0 Å². The molecule has 0 heterocycles. The third-order valence-electron chi connectivity index (χ3n) is 3.44. The molecule has 2 atom stereocenters. The fourth-order valence-electron chi connectivity index (χ4n) is 2.62. The van der Waals surface area contributed by atoms with E-state index in [4.69, 9.17) is 4.43 Å². The van der Waals surface area contributed by atoms with Gasteiger partial charge in [0, 0.05) is 5.56 Å². The molecule has 0 spiro atoms. The van der Waals surface area contributed by atoms with Crippen LogP contribution in [0.15, 0.2) is 30.3 Å². The average molecular weight is 271 g/mol. The fourth-order valence-corrected chi connectivity index (χ4v) is 4.03. The van der Waals surface area contributed by atoms with Crippen LogP contribution in [0.4, 0.5) is 0 Å². The maximum Gasteiger partial charge on any atom is 0.185 e. The van der Waals surface area contributed by atoms with Crippen LogP contribution in [-0.4, -0.2) is 13.9 Å². The van der Waals surface area contributed by atoms with Crippen LogP contribution in [0.2, 0.25) is 19.6 Å². The SMILES string of the molecule is [CH2][C@@H]1CCC[C@@]1(C#Cc1ccccc1)O[Si](C)(C)C. The van der Waals surface area contributed by atoms with Crippen molar-refractivity contribution in [2.24, 2.45) is 5.92 Å². The molecule has 0 unspecified atom stereocenters. The van der Waals surface area contributed by atoms with Gasteiger partial charge in [-0.15, -0.1) is 0 Å². The normalized spacial score (nSPS) is 26.8. The molecule has 2 heteroatoms. The Labute approximate surface area is 118 Å². The van der Waals surface area contributed by atoms with E-state index in [9.17, 15) is 0 Å². The molecule has 0 amide bonds. The number of rotatable bonds is 2. The Hall–Kier alpha value is -1.04. The summed E-state index contributed by atoms with van der Waals surface area (Å²) in [4.78, 5) is 0. The van der Waals surface area contributed by atoms with Crippen LogP contribution < -0.4 is 0 Å². The third-order valence-corrected chi connectivity index (χ3v) is 4.42. The van der Waals surface area contributed by atoms with Crippen LogP contribution in [0, 0.1) is 24.7 Å². The first-order valence-electron chi connectivity index (χ1n) is 7.03. The molecule has 1 aromatic rings. The molecule has 1 aliphatic carbocycles. The zero-order valence-corrected chi connectivity index (χ0v) is 13.2. The second kappa shape index (κ2) is 5.52. The van der Waals surface area contributed by atoms with Gasteiger partial charge >= 0.3 is 0 Å². The summed E-state index contributed by atoms with van der Waals surface area (Å²) in [6, 6.07) is 10.1. The van der Waals surface area contributed by atoms with E-state index in [1.54, 1.807) is 0 Å². The molecular weight excluding hydrogens is 248 g/mol. The summed E-state index contributed by atoms with van der Waals surface area (Å²) in [6.45, 7) is 11.0. The molecule has 1 aromatic carbocycles. The maximum atomic E-state index is 6.42. The predicted molar refractivity (Wildman–Crippen MR) is 83.2 cm³/mol. The molecule has 0 bridgehead atoms. The van der Waals surface area contributed by atoms with Crippen molar-refractivity contribution in [3.05, 3.63) is 42.8 Å². The third kappa shape index (κ3) is 3.71. The van der Waals surface area contributed by atoms with Crippen LogP contribution >= 0.6 is 0 Å². The standard InChI is InChI=1S/C17H23OSi/c1-15-9-8-13-17(15,18-19(2,3)4)14-12-16-10-6-5-7-11-16/h5-7,10-11,15H,1,8-9,13H2,2-4H3/t15-,17+/m1/s1. The summed E-state index contributed by atoms with van der Waals surface area (Å²) < 4.78 is 6.42. The Morgan fingerprint density at radius 3 is 2.47 bits per heavy atom. The highest BCUT2D eigenvalue weighted by Crippen LogP contribution is 2.39. The number of benzene rings is 1. The minimum atomic E-state index is -1.62. The van der Waals surface area contributed by atoms with Gasteiger partial charge in [0.1, 0.15) is 5.60 Å². The van der Waals surface area contributed by atoms with E-state index in [1.165, 1.54) is 6.42 Å². The molecule has 1 radical (unpaired) electrons. The lowest BCUT2D eigenvalue weighted by Gasteiger charge is -2.35. The van der Waals surface area contributed by atoms with Crippen molar-refractivity contribution in [2.75, 3.05) is 0 Å². The molecule has 0 N–H and O–H groups in total. The van der Waals surface area contributed by atoms with Gasteiger partial charge in [-0.25, -0.2) is 0 Å². The highest BCUT2D eigenvalue weighted by Gasteiger charge is 2.43. The Bertz CT molecular complexity index is 477. The summed E-state index contributed by atoms with van der Waals surface area (Å²) in [7, 11) is -1.62. The quantitative estimate of drug-likeness (QED) is 0.577. The van der Waals surface area contributed by atoms with Crippen LogP contribution in [0.5, 0.6) is 0 Å². The first kappa shape index (κ1) is 14.4. The molecule has 1 aliphatic rings. The van der Waals surface area contributed by atoms with E-state index < -0.39 is 8.32 Å². The number of hydrogen-bond donors (Lipinski definition) is 0. The summed E-state index contributed by atoms with van der Waals surface area (Å²) >= 11 is 0. The molecule has 0 saturated heterocycles. The van der Waals surface area contributed by atoms with Crippen molar-refractivity contribution >= 4 is 8.32 Å². The smallest absolute Gasteiger partial charge is 0.185 e. The summed E-state index contributed by atoms with van der Waals surface area (Å²) in [5, 5.41) is 0. The Balaban J connectivity index is 2.27. The van der Waals surface area contributed by atoms with E-state index >= 15 is 0 Å². The molecule has 101 valence electrons. The van der Waals surface area contributed by atoms with Gasteiger partial charge in [0.2, 0.25) is 0 Å². The summed E-state index contributed by atoms with van der Waals surface area (Å²) in [6.07, 6.45) is 3.31. The lowest BCUT2D eigenvalue weighted by Crippen LogP contribution is -2.43. The van der Waals surface area contributed by atoms with Crippen LogP contribution in [0.25, 0.3) is 0 Å². The first-order chi connectivity index (χ1) is 8.91. The lowest BCUT2D eigenvalue weighted by molar-refractivity contribution is 0.0986.